The van der Waals surface area contributed by atoms with E-state index in [9.17, 15) is 9.59 Å². The van der Waals surface area contributed by atoms with Gasteiger partial charge in [0, 0.05) is 12.6 Å². The summed E-state index contributed by atoms with van der Waals surface area (Å²) in [6, 6.07) is 3.34. The lowest BCUT2D eigenvalue weighted by Gasteiger charge is -2.07. The molecule has 1 fully saturated rings. The summed E-state index contributed by atoms with van der Waals surface area (Å²) in [5, 5.41) is 0.179. The van der Waals surface area contributed by atoms with Gasteiger partial charge in [-0.2, -0.15) is 0 Å². The van der Waals surface area contributed by atoms with E-state index in [2.05, 4.69) is 0 Å². The largest absolute Gasteiger partial charge is 0.454 e. The smallest absolute Gasteiger partial charge is 0.293 e. The lowest BCUT2D eigenvalue weighted by molar-refractivity contribution is -0.122. The molecule has 0 radical (unpaired) electrons. The summed E-state index contributed by atoms with van der Waals surface area (Å²) in [5.74, 6) is 0.861. The first-order valence-electron chi connectivity index (χ1n) is 5.94. The minimum atomic E-state index is -0.295. The van der Waals surface area contributed by atoms with Crippen molar-refractivity contribution in [2.45, 2.75) is 6.92 Å². The summed E-state index contributed by atoms with van der Waals surface area (Å²) < 4.78 is 10.5. The van der Waals surface area contributed by atoms with Crippen molar-refractivity contribution in [2.24, 2.45) is 0 Å². The topological polar surface area (TPSA) is 55.8 Å². The summed E-state index contributed by atoms with van der Waals surface area (Å²) in [4.78, 5) is 25.2. The Balaban J connectivity index is 1.97. The van der Waals surface area contributed by atoms with E-state index in [1.54, 1.807) is 25.1 Å². The predicted octanol–water partition coefficient (Wildman–Crippen LogP) is 3.12. The van der Waals surface area contributed by atoms with Crippen LogP contribution in [0.2, 0.25) is 5.02 Å². The van der Waals surface area contributed by atoms with Crippen molar-refractivity contribution in [3.8, 4) is 11.5 Å². The number of thioether (sulfide) groups is 1. The Labute approximate surface area is 124 Å². The van der Waals surface area contributed by atoms with E-state index in [0.717, 1.165) is 11.8 Å². The van der Waals surface area contributed by atoms with Crippen LogP contribution in [0.15, 0.2) is 17.0 Å². The minimum absolute atomic E-state index is 0.154. The van der Waals surface area contributed by atoms with Crippen molar-refractivity contribution in [3.05, 3.63) is 27.6 Å². The number of hydrogen-bond donors (Lipinski definition) is 0. The van der Waals surface area contributed by atoms with Gasteiger partial charge in [-0.05, 0) is 36.4 Å². The van der Waals surface area contributed by atoms with E-state index in [1.165, 1.54) is 4.90 Å². The highest BCUT2D eigenvalue weighted by Crippen LogP contribution is 2.39. The second kappa shape index (κ2) is 5.03. The van der Waals surface area contributed by atoms with Crippen molar-refractivity contribution in [3.63, 3.8) is 0 Å². The molecule has 0 aromatic heterocycles. The van der Waals surface area contributed by atoms with Gasteiger partial charge in [0.05, 0.1) is 9.93 Å². The third kappa shape index (κ3) is 2.14. The molecule has 2 heterocycles. The number of carbonyl (C=O) groups excluding carboxylic acids is 2. The van der Waals surface area contributed by atoms with E-state index < -0.39 is 0 Å². The fourth-order valence-corrected chi connectivity index (χ4v) is 3.06. The number of hydrogen-bond acceptors (Lipinski definition) is 5. The van der Waals surface area contributed by atoms with Crippen molar-refractivity contribution < 1.29 is 19.1 Å². The highest BCUT2D eigenvalue weighted by atomic mass is 35.5. The van der Waals surface area contributed by atoms with Gasteiger partial charge < -0.3 is 9.47 Å². The number of ether oxygens (including phenoxy) is 2. The van der Waals surface area contributed by atoms with Gasteiger partial charge in [0.1, 0.15) is 0 Å². The van der Waals surface area contributed by atoms with Crippen LogP contribution in [0, 0.1) is 0 Å². The molecular weight excluding hydrogens is 302 g/mol. The normalized spacial score (nSPS) is 19.3. The molecule has 104 valence electrons. The van der Waals surface area contributed by atoms with Crippen LogP contribution in [0.25, 0.3) is 6.08 Å². The molecule has 0 N–H and O–H groups in total. The van der Waals surface area contributed by atoms with E-state index in [4.69, 9.17) is 21.1 Å². The number of rotatable bonds is 2. The lowest BCUT2D eigenvalue weighted by Crippen LogP contribution is -2.27. The molecule has 1 saturated heterocycles. The summed E-state index contributed by atoms with van der Waals surface area (Å²) in [7, 11) is 0. The van der Waals surface area contributed by atoms with Crippen LogP contribution in [-0.2, 0) is 4.79 Å². The number of benzene rings is 1. The van der Waals surface area contributed by atoms with Gasteiger partial charge in [0.15, 0.2) is 11.5 Å². The molecule has 7 heteroatoms. The summed E-state index contributed by atoms with van der Waals surface area (Å²) in [5.41, 5.74) is 0.623. The zero-order chi connectivity index (χ0) is 14.3. The molecule has 1 aromatic rings. The highest BCUT2D eigenvalue weighted by molar-refractivity contribution is 8.18. The van der Waals surface area contributed by atoms with Crippen LogP contribution < -0.4 is 9.47 Å². The molecule has 5 nitrogen and oxygen atoms in total. The molecule has 0 atom stereocenters. The van der Waals surface area contributed by atoms with Gasteiger partial charge in [-0.1, -0.05) is 11.6 Å². The maximum atomic E-state index is 12.0. The first kappa shape index (κ1) is 13.3. The molecule has 0 saturated carbocycles. The van der Waals surface area contributed by atoms with E-state index in [0.29, 0.717) is 33.5 Å². The molecule has 1 aromatic carbocycles. The van der Waals surface area contributed by atoms with Crippen LogP contribution in [0.4, 0.5) is 4.79 Å². The number of fused-ring (bicyclic) bond motifs is 1. The second-order valence-corrected chi connectivity index (χ2v) is 5.55. The Morgan fingerprint density at radius 3 is 2.70 bits per heavy atom. The fraction of sp³-hybridized carbons (Fsp3) is 0.231. The molecule has 0 bridgehead atoms. The number of likely N-dealkylation sites (N-methyl/N-ethyl adjacent to an activating group) is 1. The zero-order valence-electron chi connectivity index (χ0n) is 10.5. The summed E-state index contributed by atoms with van der Waals surface area (Å²) in [6.07, 6.45) is 1.60. The first-order chi connectivity index (χ1) is 9.60. The molecule has 3 rings (SSSR count). The van der Waals surface area contributed by atoms with Gasteiger partial charge in [-0.25, -0.2) is 0 Å². The van der Waals surface area contributed by atoms with Crippen LogP contribution >= 0.6 is 23.4 Å². The molecule has 0 unspecified atom stereocenters. The van der Waals surface area contributed by atoms with Crippen LogP contribution in [-0.4, -0.2) is 29.4 Å². The third-order valence-electron chi connectivity index (χ3n) is 2.97. The third-order valence-corrected chi connectivity index (χ3v) is 4.20. The Hall–Kier alpha value is -1.66. The molecule has 2 aliphatic heterocycles. The van der Waals surface area contributed by atoms with E-state index in [1.807, 2.05) is 0 Å². The molecule has 0 aliphatic carbocycles. The van der Waals surface area contributed by atoms with Crippen molar-refractivity contribution in [1.29, 1.82) is 0 Å². The van der Waals surface area contributed by atoms with E-state index in [-0.39, 0.29) is 17.9 Å². The number of carbonyl (C=O) groups is 2. The molecular formula is C13H10ClNO4S. The van der Waals surface area contributed by atoms with Gasteiger partial charge in [-0.3, -0.25) is 14.5 Å². The summed E-state index contributed by atoms with van der Waals surface area (Å²) >= 11 is 7.05. The Morgan fingerprint density at radius 1 is 1.35 bits per heavy atom. The lowest BCUT2D eigenvalue weighted by atomic mass is 10.2. The summed E-state index contributed by atoms with van der Waals surface area (Å²) in [6.45, 7) is 2.27. The molecule has 2 aliphatic rings. The van der Waals surface area contributed by atoms with Crippen LogP contribution in [0.3, 0.4) is 0 Å². The Bertz CT molecular complexity index is 644. The maximum absolute atomic E-state index is 12.0. The Morgan fingerprint density at radius 2 is 2.05 bits per heavy atom. The average molecular weight is 312 g/mol. The second-order valence-electron chi connectivity index (χ2n) is 4.15. The van der Waals surface area contributed by atoms with Crippen LogP contribution in [0.5, 0.6) is 11.5 Å². The number of amides is 2. The van der Waals surface area contributed by atoms with Crippen molar-refractivity contribution in [2.75, 3.05) is 13.3 Å². The average Bonchev–Trinajstić information content (AvgIpc) is 2.95. The fourth-order valence-electron chi connectivity index (χ4n) is 1.96. The monoisotopic (exact) mass is 311 g/mol. The van der Waals surface area contributed by atoms with Gasteiger partial charge in [0.25, 0.3) is 11.1 Å². The van der Waals surface area contributed by atoms with Gasteiger partial charge >= 0.3 is 0 Å². The number of nitrogens with zero attached hydrogens (tertiary/aromatic N) is 1. The maximum Gasteiger partial charge on any atom is 0.293 e. The van der Waals surface area contributed by atoms with Crippen molar-refractivity contribution in [1.82, 2.24) is 4.90 Å². The van der Waals surface area contributed by atoms with E-state index >= 15 is 0 Å². The minimum Gasteiger partial charge on any atom is -0.454 e. The first-order valence-corrected chi connectivity index (χ1v) is 7.14. The SMILES string of the molecule is CCN1C(=O)S/C(=C/c2cc3c(cc2Cl)OCO3)C1=O. The van der Waals surface area contributed by atoms with Gasteiger partial charge in [0.2, 0.25) is 6.79 Å². The standard InChI is InChI=1S/C13H10ClNO4S/c1-2-15-12(16)11(20-13(15)17)4-7-3-9-10(5-8(7)14)19-6-18-9/h3-5H,2,6H2,1H3/b11-4+. The predicted molar refractivity (Wildman–Crippen MR) is 75.9 cm³/mol. The molecule has 20 heavy (non-hydrogen) atoms. The van der Waals surface area contributed by atoms with Gasteiger partial charge in [-0.15, -0.1) is 0 Å². The number of imide groups is 1. The zero-order valence-corrected chi connectivity index (χ0v) is 12.1. The quantitative estimate of drug-likeness (QED) is 0.785. The number of halogens is 1. The van der Waals surface area contributed by atoms with Crippen molar-refractivity contribution >= 4 is 40.6 Å². The highest BCUT2D eigenvalue weighted by Gasteiger charge is 2.33. The molecule has 0 spiro atoms. The van der Waals surface area contributed by atoms with Crippen LogP contribution in [0.1, 0.15) is 12.5 Å². The molecule has 2 amide bonds. The Kier molecular flexibility index (Phi) is 3.35.